The number of nitrogens with zero attached hydrogens (tertiary/aromatic N) is 1. The average molecular weight is 320 g/mol. The Balaban J connectivity index is 2.28. The maximum atomic E-state index is 12.9. The van der Waals surface area contributed by atoms with Crippen molar-refractivity contribution in [2.75, 3.05) is 11.4 Å². The van der Waals surface area contributed by atoms with Crippen molar-refractivity contribution in [1.29, 1.82) is 0 Å². The van der Waals surface area contributed by atoms with E-state index in [1.807, 2.05) is 0 Å². The highest BCUT2D eigenvalue weighted by Crippen LogP contribution is 2.33. The SMILES string of the molecule is O=C(CN(C(=O)[C@H]1CCCC[C@H]1C(=O)O)c1ccccc1)NO. The number of carboxylic acids is 1. The molecule has 7 nitrogen and oxygen atoms in total. The zero-order valence-electron chi connectivity index (χ0n) is 12.6. The summed E-state index contributed by atoms with van der Waals surface area (Å²) < 4.78 is 0. The second kappa shape index (κ2) is 7.73. The van der Waals surface area contributed by atoms with Gasteiger partial charge in [0.2, 0.25) is 5.91 Å². The Morgan fingerprint density at radius 3 is 2.26 bits per heavy atom. The van der Waals surface area contributed by atoms with Crippen molar-refractivity contribution in [2.24, 2.45) is 11.8 Å². The van der Waals surface area contributed by atoms with Crippen LogP contribution in [0, 0.1) is 11.8 Å². The topological polar surface area (TPSA) is 107 Å². The van der Waals surface area contributed by atoms with Crippen molar-refractivity contribution in [3.05, 3.63) is 30.3 Å². The molecule has 1 aromatic carbocycles. The summed E-state index contributed by atoms with van der Waals surface area (Å²) in [6.07, 6.45) is 2.51. The lowest BCUT2D eigenvalue weighted by atomic mass is 9.78. The van der Waals surface area contributed by atoms with Crippen molar-refractivity contribution in [2.45, 2.75) is 25.7 Å². The summed E-state index contributed by atoms with van der Waals surface area (Å²) in [5.41, 5.74) is 2.00. The van der Waals surface area contributed by atoms with Crippen LogP contribution < -0.4 is 10.4 Å². The second-order valence-corrected chi connectivity index (χ2v) is 5.63. The van der Waals surface area contributed by atoms with Crippen LogP contribution in [0.2, 0.25) is 0 Å². The van der Waals surface area contributed by atoms with Gasteiger partial charge in [-0.05, 0) is 25.0 Å². The van der Waals surface area contributed by atoms with Crippen molar-refractivity contribution in [1.82, 2.24) is 5.48 Å². The summed E-state index contributed by atoms with van der Waals surface area (Å²) in [4.78, 5) is 37.0. The lowest BCUT2D eigenvalue weighted by molar-refractivity contribution is -0.148. The number of carbonyl (C=O) groups is 3. The number of benzene rings is 1. The molecule has 1 saturated carbocycles. The molecule has 0 bridgehead atoms. The fourth-order valence-corrected chi connectivity index (χ4v) is 3.01. The van der Waals surface area contributed by atoms with Gasteiger partial charge in [-0.1, -0.05) is 31.0 Å². The Hall–Kier alpha value is -2.41. The molecule has 124 valence electrons. The first-order valence-electron chi connectivity index (χ1n) is 7.56. The Morgan fingerprint density at radius 2 is 1.70 bits per heavy atom. The molecule has 2 atom stereocenters. The molecule has 7 heteroatoms. The summed E-state index contributed by atoms with van der Waals surface area (Å²) in [6.45, 7) is -0.359. The average Bonchev–Trinajstić information content (AvgIpc) is 2.59. The standard InChI is InChI=1S/C16H20N2O5/c19-14(17-23)10-18(11-6-2-1-3-7-11)15(20)12-8-4-5-9-13(12)16(21)22/h1-3,6-7,12-13,23H,4-5,8-10H2,(H,17,19)(H,21,22)/t12-,13+/m0/s1. The molecular weight excluding hydrogens is 300 g/mol. The fourth-order valence-electron chi connectivity index (χ4n) is 3.01. The number of para-hydroxylation sites is 1. The first-order chi connectivity index (χ1) is 11.0. The van der Waals surface area contributed by atoms with Gasteiger partial charge in [-0.15, -0.1) is 0 Å². The molecule has 2 amide bonds. The van der Waals surface area contributed by atoms with Crippen LogP contribution in [0.25, 0.3) is 0 Å². The van der Waals surface area contributed by atoms with E-state index < -0.39 is 29.6 Å². The Labute approximate surface area is 133 Å². The quantitative estimate of drug-likeness (QED) is 0.562. The molecule has 0 heterocycles. The summed E-state index contributed by atoms with van der Waals surface area (Å²) in [6, 6.07) is 8.56. The van der Waals surface area contributed by atoms with Gasteiger partial charge in [0, 0.05) is 5.69 Å². The van der Waals surface area contributed by atoms with Crippen molar-refractivity contribution < 1.29 is 24.7 Å². The van der Waals surface area contributed by atoms with E-state index in [4.69, 9.17) is 5.21 Å². The van der Waals surface area contributed by atoms with Crippen LogP contribution >= 0.6 is 0 Å². The molecular formula is C16H20N2O5. The Morgan fingerprint density at radius 1 is 1.09 bits per heavy atom. The van der Waals surface area contributed by atoms with Gasteiger partial charge in [0.1, 0.15) is 6.54 Å². The smallest absolute Gasteiger partial charge is 0.307 e. The predicted molar refractivity (Wildman–Crippen MR) is 81.8 cm³/mol. The third kappa shape index (κ3) is 4.07. The summed E-state index contributed by atoms with van der Waals surface area (Å²) in [5, 5.41) is 18.1. The number of anilines is 1. The zero-order valence-corrected chi connectivity index (χ0v) is 12.6. The third-order valence-corrected chi connectivity index (χ3v) is 4.16. The van der Waals surface area contributed by atoms with Crippen LogP contribution in [-0.2, 0) is 14.4 Å². The van der Waals surface area contributed by atoms with Crippen LogP contribution in [0.3, 0.4) is 0 Å². The van der Waals surface area contributed by atoms with Gasteiger partial charge in [-0.2, -0.15) is 0 Å². The van der Waals surface area contributed by atoms with Crippen molar-refractivity contribution >= 4 is 23.5 Å². The number of rotatable bonds is 5. The van der Waals surface area contributed by atoms with E-state index in [0.29, 0.717) is 18.5 Å². The number of hydrogen-bond donors (Lipinski definition) is 3. The highest BCUT2D eigenvalue weighted by molar-refractivity contribution is 6.01. The normalized spacial score (nSPS) is 20.6. The lowest BCUT2D eigenvalue weighted by Crippen LogP contribution is -2.46. The van der Waals surface area contributed by atoms with E-state index in [1.54, 1.807) is 30.3 Å². The Bertz CT molecular complexity index is 575. The minimum Gasteiger partial charge on any atom is -0.481 e. The van der Waals surface area contributed by atoms with Gasteiger partial charge in [-0.3, -0.25) is 19.6 Å². The van der Waals surface area contributed by atoms with E-state index in [2.05, 4.69) is 0 Å². The zero-order chi connectivity index (χ0) is 16.8. The first kappa shape index (κ1) is 17.0. The molecule has 0 saturated heterocycles. The lowest BCUT2D eigenvalue weighted by Gasteiger charge is -2.32. The third-order valence-electron chi connectivity index (χ3n) is 4.16. The number of amides is 2. The van der Waals surface area contributed by atoms with Gasteiger partial charge in [0.15, 0.2) is 0 Å². The maximum absolute atomic E-state index is 12.9. The molecule has 0 aromatic heterocycles. The van der Waals surface area contributed by atoms with Crippen LogP contribution in [0.1, 0.15) is 25.7 Å². The molecule has 3 N–H and O–H groups in total. The monoisotopic (exact) mass is 320 g/mol. The van der Waals surface area contributed by atoms with E-state index >= 15 is 0 Å². The largest absolute Gasteiger partial charge is 0.481 e. The molecule has 1 aliphatic rings. The van der Waals surface area contributed by atoms with Crippen molar-refractivity contribution in [3.63, 3.8) is 0 Å². The summed E-state index contributed by atoms with van der Waals surface area (Å²) in [7, 11) is 0. The van der Waals surface area contributed by atoms with Crippen molar-refractivity contribution in [3.8, 4) is 0 Å². The molecule has 23 heavy (non-hydrogen) atoms. The molecule has 1 fully saturated rings. The molecule has 2 rings (SSSR count). The van der Waals surface area contributed by atoms with Gasteiger partial charge in [-0.25, -0.2) is 5.48 Å². The number of aliphatic carboxylic acids is 1. The van der Waals surface area contributed by atoms with Gasteiger partial charge >= 0.3 is 5.97 Å². The minimum absolute atomic E-state index is 0.359. The molecule has 1 aromatic rings. The minimum atomic E-state index is -0.984. The van der Waals surface area contributed by atoms with Crippen LogP contribution in [0.15, 0.2) is 30.3 Å². The molecule has 0 radical (unpaired) electrons. The van der Waals surface area contributed by atoms with Crippen LogP contribution in [0.5, 0.6) is 0 Å². The summed E-state index contributed by atoms with van der Waals surface area (Å²) in [5.74, 6) is -3.51. The van der Waals surface area contributed by atoms with E-state index in [-0.39, 0.29) is 6.54 Å². The van der Waals surface area contributed by atoms with Gasteiger partial charge < -0.3 is 10.0 Å². The molecule has 1 aliphatic carbocycles. The number of carbonyl (C=O) groups excluding carboxylic acids is 2. The van der Waals surface area contributed by atoms with E-state index in [9.17, 15) is 19.5 Å². The summed E-state index contributed by atoms with van der Waals surface area (Å²) >= 11 is 0. The molecule has 0 spiro atoms. The van der Waals surface area contributed by atoms with Gasteiger partial charge in [0.05, 0.1) is 11.8 Å². The molecule has 0 aliphatic heterocycles. The maximum Gasteiger partial charge on any atom is 0.307 e. The number of carboxylic acid groups (broad SMARTS) is 1. The molecule has 0 unspecified atom stereocenters. The number of nitrogens with one attached hydrogen (secondary N) is 1. The fraction of sp³-hybridized carbons (Fsp3) is 0.438. The van der Waals surface area contributed by atoms with E-state index in [1.165, 1.54) is 10.4 Å². The highest BCUT2D eigenvalue weighted by atomic mass is 16.5. The second-order valence-electron chi connectivity index (χ2n) is 5.63. The van der Waals surface area contributed by atoms with E-state index in [0.717, 1.165) is 12.8 Å². The number of hydrogen-bond acceptors (Lipinski definition) is 4. The highest BCUT2D eigenvalue weighted by Gasteiger charge is 2.38. The number of hydroxylamine groups is 1. The van der Waals surface area contributed by atoms with Crippen LogP contribution in [-0.4, -0.2) is 34.6 Å². The Kier molecular flexibility index (Phi) is 5.70. The first-order valence-corrected chi connectivity index (χ1v) is 7.56. The van der Waals surface area contributed by atoms with Crippen LogP contribution in [0.4, 0.5) is 5.69 Å². The predicted octanol–water partition coefficient (Wildman–Crippen LogP) is 1.42. The van der Waals surface area contributed by atoms with Gasteiger partial charge in [0.25, 0.3) is 5.91 Å².